The summed E-state index contributed by atoms with van der Waals surface area (Å²) in [5, 5.41) is 10.6. The molecule has 0 amide bonds. The molecule has 0 aliphatic heterocycles. The fraction of sp³-hybridized carbons (Fsp3) is 0.0667. The van der Waals surface area contributed by atoms with Crippen molar-refractivity contribution in [2.75, 3.05) is 0 Å². The van der Waals surface area contributed by atoms with Crippen LogP contribution in [0.15, 0.2) is 146 Å². The molecule has 0 nitrogen and oxygen atoms in total. The van der Waals surface area contributed by atoms with E-state index in [1.807, 2.05) is 11.3 Å². The normalized spacial score (nSPS) is 13.6. The fourth-order valence-electron chi connectivity index (χ4n) is 8.29. The van der Waals surface area contributed by atoms with Gasteiger partial charge in [-0.05, 0) is 89.0 Å². The molecule has 0 spiro atoms. The van der Waals surface area contributed by atoms with Gasteiger partial charge in [0.1, 0.15) is 0 Å². The van der Waals surface area contributed by atoms with E-state index >= 15 is 0 Å². The first kappa shape index (κ1) is 26.0. The second-order valence-electron chi connectivity index (χ2n) is 13.3. The van der Waals surface area contributed by atoms with E-state index in [1.54, 1.807) is 0 Å². The van der Waals surface area contributed by atoms with Crippen molar-refractivity contribution in [3.63, 3.8) is 0 Å². The molecule has 0 N–H and O–H groups in total. The van der Waals surface area contributed by atoms with Crippen LogP contribution in [0.1, 0.15) is 25.0 Å². The van der Waals surface area contributed by atoms with Crippen LogP contribution in [0.25, 0.3) is 85.9 Å². The molecule has 1 aliphatic rings. The average Bonchev–Trinajstić information content (AvgIpc) is 3.60. The van der Waals surface area contributed by atoms with E-state index in [4.69, 9.17) is 0 Å². The predicted octanol–water partition coefficient (Wildman–Crippen LogP) is 13.2. The number of fused-ring (bicyclic) bond motifs is 13. The number of hydrogen-bond donors (Lipinski definition) is 0. The van der Waals surface area contributed by atoms with Crippen molar-refractivity contribution in [1.82, 2.24) is 0 Å². The van der Waals surface area contributed by atoms with Gasteiger partial charge in [0.2, 0.25) is 0 Å². The summed E-state index contributed by atoms with van der Waals surface area (Å²) in [5.74, 6) is 0. The summed E-state index contributed by atoms with van der Waals surface area (Å²) in [6.07, 6.45) is 0. The van der Waals surface area contributed by atoms with Gasteiger partial charge in [0.15, 0.2) is 0 Å². The first-order chi connectivity index (χ1) is 22.6. The van der Waals surface area contributed by atoms with E-state index in [1.165, 1.54) is 97.0 Å². The molecule has 1 aliphatic carbocycles. The average molecular weight is 603 g/mol. The highest BCUT2D eigenvalue weighted by molar-refractivity contribution is 7.26. The van der Waals surface area contributed by atoms with Gasteiger partial charge in [0.25, 0.3) is 0 Å². The molecule has 216 valence electrons. The van der Waals surface area contributed by atoms with Gasteiger partial charge >= 0.3 is 0 Å². The van der Waals surface area contributed by atoms with Gasteiger partial charge in [-0.1, -0.05) is 147 Å². The third-order valence-corrected chi connectivity index (χ3v) is 11.7. The van der Waals surface area contributed by atoms with Crippen LogP contribution in [0.5, 0.6) is 0 Å². The molecule has 1 aromatic heterocycles. The molecule has 0 unspecified atom stereocenters. The van der Waals surface area contributed by atoms with Crippen LogP contribution >= 0.6 is 11.3 Å². The van der Waals surface area contributed by atoms with Crippen molar-refractivity contribution < 1.29 is 0 Å². The number of rotatable bonds is 2. The van der Waals surface area contributed by atoms with Crippen LogP contribution < -0.4 is 0 Å². The maximum atomic E-state index is 2.40. The minimum Gasteiger partial charge on any atom is -0.134 e. The molecule has 0 atom stereocenters. The Morgan fingerprint density at radius 1 is 0.370 bits per heavy atom. The lowest BCUT2D eigenvalue weighted by atomic mass is 9.82. The molecule has 9 aromatic rings. The number of hydrogen-bond acceptors (Lipinski definition) is 1. The summed E-state index contributed by atoms with van der Waals surface area (Å²) in [5.41, 5.74) is 10.7. The fourth-order valence-corrected chi connectivity index (χ4v) is 9.83. The van der Waals surface area contributed by atoms with Crippen LogP contribution in [-0.2, 0) is 5.41 Å². The lowest BCUT2D eigenvalue weighted by Gasteiger charge is -2.22. The summed E-state index contributed by atoms with van der Waals surface area (Å²) in [6, 6.07) is 54.3. The Bertz CT molecular complexity index is 2690. The molecule has 10 rings (SSSR count). The summed E-state index contributed by atoms with van der Waals surface area (Å²) < 4.78 is 2.79. The quantitative estimate of drug-likeness (QED) is 0.173. The Hall–Kier alpha value is -5.24. The molecule has 46 heavy (non-hydrogen) atoms. The Kier molecular flexibility index (Phi) is 5.31. The highest BCUT2D eigenvalue weighted by Gasteiger charge is 2.37. The van der Waals surface area contributed by atoms with Crippen molar-refractivity contribution in [3.8, 4) is 33.4 Å². The first-order valence-corrected chi connectivity index (χ1v) is 16.9. The maximum Gasteiger partial charge on any atom is 0.0433 e. The number of benzene rings is 8. The minimum absolute atomic E-state index is 0.0298. The van der Waals surface area contributed by atoms with Gasteiger partial charge in [-0.25, -0.2) is 0 Å². The summed E-state index contributed by atoms with van der Waals surface area (Å²) in [7, 11) is 0. The van der Waals surface area contributed by atoms with Crippen molar-refractivity contribution in [1.29, 1.82) is 0 Å². The molecule has 1 heterocycles. The second kappa shape index (κ2) is 9.39. The maximum absolute atomic E-state index is 2.40. The molecular weight excluding hydrogens is 573 g/mol. The summed E-state index contributed by atoms with van der Waals surface area (Å²) in [6.45, 7) is 4.78. The molecule has 0 bridgehead atoms. The van der Waals surface area contributed by atoms with Crippen LogP contribution in [0, 0.1) is 0 Å². The molecular formula is C45H30S. The van der Waals surface area contributed by atoms with Crippen LogP contribution in [0.4, 0.5) is 0 Å². The van der Waals surface area contributed by atoms with E-state index in [9.17, 15) is 0 Å². The zero-order chi connectivity index (χ0) is 30.6. The molecule has 1 heteroatoms. The highest BCUT2D eigenvalue weighted by atomic mass is 32.1. The van der Waals surface area contributed by atoms with Gasteiger partial charge in [0, 0.05) is 25.6 Å². The van der Waals surface area contributed by atoms with E-state index < -0.39 is 0 Å². The minimum atomic E-state index is -0.0298. The zero-order valence-electron chi connectivity index (χ0n) is 25.8. The smallest absolute Gasteiger partial charge is 0.0433 e. The van der Waals surface area contributed by atoms with Gasteiger partial charge < -0.3 is 0 Å². The summed E-state index contributed by atoms with van der Waals surface area (Å²) in [4.78, 5) is 0. The van der Waals surface area contributed by atoms with E-state index in [0.717, 1.165) is 0 Å². The van der Waals surface area contributed by atoms with Crippen molar-refractivity contribution in [3.05, 3.63) is 157 Å². The van der Waals surface area contributed by atoms with Gasteiger partial charge in [-0.3, -0.25) is 0 Å². The lowest BCUT2D eigenvalue weighted by molar-refractivity contribution is 0.667. The molecule has 0 saturated heterocycles. The monoisotopic (exact) mass is 602 g/mol. The molecule has 0 radical (unpaired) electrons. The van der Waals surface area contributed by atoms with E-state index in [-0.39, 0.29) is 5.41 Å². The van der Waals surface area contributed by atoms with Crippen molar-refractivity contribution in [2.24, 2.45) is 0 Å². The molecule has 8 aromatic carbocycles. The number of thiophene rings is 1. The van der Waals surface area contributed by atoms with Crippen molar-refractivity contribution in [2.45, 2.75) is 19.3 Å². The lowest BCUT2D eigenvalue weighted by Crippen LogP contribution is -2.14. The highest BCUT2D eigenvalue weighted by Crippen LogP contribution is 2.54. The molecule has 0 fully saturated rings. The largest absolute Gasteiger partial charge is 0.134 e. The third kappa shape index (κ3) is 3.49. The summed E-state index contributed by atoms with van der Waals surface area (Å²) >= 11 is 1.97. The second-order valence-corrected chi connectivity index (χ2v) is 14.3. The first-order valence-electron chi connectivity index (χ1n) is 16.1. The third-order valence-electron chi connectivity index (χ3n) is 10.4. The SMILES string of the molecule is CC1(C)c2ccccc2-c2ccc3c(sc4c(-c5cccc(-c6ccc7c8ccccc8c8ccccc8c7c6)c5)cccc43)c21. The zero-order valence-corrected chi connectivity index (χ0v) is 26.6. The van der Waals surface area contributed by atoms with Crippen LogP contribution in [0.3, 0.4) is 0 Å². The van der Waals surface area contributed by atoms with E-state index in [2.05, 4.69) is 159 Å². The Morgan fingerprint density at radius 2 is 0.913 bits per heavy atom. The van der Waals surface area contributed by atoms with Gasteiger partial charge in [-0.2, -0.15) is 0 Å². The topological polar surface area (TPSA) is 0 Å². The Labute approximate surface area is 272 Å². The molecule has 0 saturated carbocycles. The Morgan fingerprint density at radius 3 is 1.70 bits per heavy atom. The van der Waals surface area contributed by atoms with Crippen molar-refractivity contribution >= 4 is 63.8 Å². The standard InChI is InChI=1S/C45H30S/c1-45(2)41-20-8-7-17-36(41)37-23-24-39-38-19-10-18-30(43(38)46-44(39)42(37)45)29-12-9-11-27(25-29)28-21-22-35-33-15-4-3-13-31(33)32-14-5-6-16-34(32)40(35)26-28/h3-26H,1-2H3. The van der Waals surface area contributed by atoms with E-state index in [0.29, 0.717) is 0 Å². The predicted molar refractivity (Wildman–Crippen MR) is 200 cm³/mol. The van der Waals surface area contributed by atoms with Crippen LogP contribution in [-0.4, -0.2) is 0 Å². The Balaban J connectivity index is 1.16. The van der Waals surface area contributed by atoms with Gasteiger partial charge in [0.05, 0.1) is 0 Å². The van der Waals surface area contributed by atoms with Gasteiger partial charge in [-0.15, -0.1) is 11.3 Å². The van der Waals surface area contributed by atoms with Crippen LogP contribution in [0.2, 0.25) is 0 Å².